The molecule has 0 bridgehead atoms. The van der Waals surface area contributed by atoms with Crippen LogP contribution in [0.3, 0.4) is 0 Å². The van der Waals surface area contributed by atoms with Gasteiger partial charge in [0.15, 0.2) is 0 Å². The molecule has 150 valence electrons. The summed E-state index contributed by atoms with van der Waals surface area (Å²) in [7, 11) is 0. The third kappa shape index (κ3) is 3.53. The van der Waals surface area contributed by atoms with Crippen molar-refractivity contribution in [3.05, 3.63) is 82.3 Å². The first kappa shape index (κ1) is 19.0. The van der Waals surface area contributed by atoms with Crippen molar-refractivity contribution in [1.82, 2.24) is 15.0 Å². The summed E-state index contributed by atoms with van der Waals surface area (Å²) in [5.41, 5.74) is 5.30. The third-order valence-electron chi connectivity index (χ3n) is 5.54. The number of thiazole rings is 1. The molecule has 0 amide bonds. The second-order valence-electron chi connectivity index (χ2n) is 7.34. The second-order valence-corrected chi connectivity index (χ2v) is 8.27. The predicted octanol–water partition coefficient (Wildman–Crippen LogP) is 5.85. The fourth-order valence-electron chi connectivity index (χ4n) is 3.85. The summed E-state index contributed by atoms with van der Waals surface area (Å²) in [5.74, 6) is -0.203. The Labute approximate surface area is 178 Å². The van der Waals surface area contributed by atoms with Crippen LogP contribution in [0.5, 0.6) is 0 Å². The van der Waals surface area contributed by atoms with E-state index >= 15 is 0 Å². The number of fused-ring (bicyclic) bond motifs is 1. The standard InChI is InChI=1S/C24H20FN3OS/c1-15(24-26-8-11-30-24)17-3-5-21(25)20(12-17)23-19-4-2-18(13-22(19)27-14-28-23)16-6-9-29-10-7-16/h2-6,8,11-15H,7,9-10H2,1H3. The van der Waals surface area contributed by atoms with Gasteiger partial charge in [0.05, 0.1) is 29.4 Å². The maximum Gasteiger partial charge on any atom is 0.132 e. The summed E-state index contributed by atoms with van der Waals surface area (Å²) < 4.78 is 20.3. The van der Waals surface area contributed by atoms with E-state index in [-0.39, 0.29) is 11.7 Å². The van der Waals surface area contributed by atoms with E-state index in [1.54, 1.807) is 17.5 Å². The van der Waals surface area contributed by atoms with Crippen LogP contribution in [0.4, 0.5) is 4.39 Å². The Bertz CT molecular complexity index is 1240. The van der Waals surface area contributed by atoms with Gasteiger partial charge in [-0.1, -0.05) is 31.2 Å². The van der Waals surface area contributed by atoms with E-state index in [1.807, 2.05) is 23.6 Å². The number of ether oxygens (including phenoxy) is 1. The fraction of sp³-hybridized carbons (Fsp3) is 0.208. The lowest BCUT2D eigenvalue weighted by molar-refractivity contribution is 0.161. The number of aromatic nitrogens is 3. The number of benzene rings is 2. The summed E-state index contributed by atoms with van der Waals surface area (Å²) in [6.45, 7) is 3.45. The van der Waals surface area contributed by atoms with E-state index in [2.05, 4.69) is 40.1 Å². The van der Waals surface area contributed by atoms with E-state index in [0.29, 0.717) is 17.9 Å². The normalized spacial score (nSPS) is 15.2. The maximum absolute atomic E-state index is 14.9. The lowest BCUT2D eigenvalue weighted by Crippen LogP contribution is -2.03. The first-order valence-corrected chi connectivity index (χ1v) is 10.8. The molecular weight excluding hydrogens is 397 g/mol. The Hall–Kier alpha value is -2.96. The molecule has 0 saturated heterocycles. The van der Waals surface area contributed by atoms with Gasteiger partial charge in [0.2, 0.25) is 0 Å². The molecule has 30 heavy (non-hydrogen) atoms. The van der Waals surface area contributed by atoms with Gasteiger partial charge in [-0.15, -0.1) is 11.3 Å². The fourth-order valence-corrected chi connectivity index (χ4v) is 4.57. The minimum atomic E-state index is -0.290. The predicted molar refractivity (Wildman–Crippen MR) is 118 cm³/mol. The van der Waals surface area contributed by atoms with Crippen LogP contribution >= 0.6 is 11.3 Å². The summed E-state index contributed by atoms with van der Waals surface area (Å²) >= 11 is 1.60. The van der Waals surface area contributed by atoms with Crippen LogP contribution in [0.1, 0.15) is 35.4 Å². The van der Waals surface area contributed by atoms with Crippen molar-refractivity contribution >= 4 is 27.8 Å². The molecule has 2 aromatic carbocycles. The van der Waals surface area contributed by atoms with Crippen molar-refractivity contribution in [1.29, 1.82) is 0 Å². The van der Waals surface area contributed by atoms with Crippen molar-refractivity contribution in [2.75, 3.05) is 13.2 Å². The molecule has 3 heterocycles. The lowest BCUT2D eigenvalue weighted by Gasteiger charge is -2.15. The molecule has 0 saturated carbocycles. The number of nitrogens with zero attached hydrogens (tertiary/aromatic N) is 3. The maximum atomic E-state index is 14.9. The molecule has 4 nitrogen and oxygen atoms in total. The first-order valence-electron chi connectivity index (χ1n) is 9.92. The SMILES string of the molecule is CC(c1ccc(F)c(-c2ncnc3cc(C4=CCOCC4)ccc23)c1)c1nccs1. The minimum absolute atomic E-state index is 0.0875. The molecule has 0 aliphatic carbocycles. The highest BCUT2D eigenvalue weighted by atomic mass is 32.1. The molecule has 1 aliphatic rings. The highest BCUT2D eigenvalue weighted by Gasteiger charge is 2.17. The third-order valence-corrected chi connectivity index (χ3v) is 6.50. The molecule has 6 heteroatoms. The van der Waals surface area contributed by atoms with E-state index < -0.39 is 0 Å². The van der Waals surface area contributed by atoms with Crippen molar-refractivity contribution in [2.45, 2.75) is 19.3 Å². The molecule has 5 rings (SSSR count). The van der Waals surface area contributed by atoms with Crippen molar-refractivity contribution in [2.24, 2.45) is 0 Å². The molecular formula is C24H20FN3OS. The molecule has 0 fully saturated rings. The van der Waals surface area contributed by atoms with Gasteiger partial charge < -0.3 is 4.74 Å². The van der Waals surface area contributed by atoms with Crippen LogP contribution in [-0.4, -0.2) is 28.2 Å². The van der Waals surface area contributed by atoms with Crippen LogP contribution in [0.15, 0.2) is 60.4 Å². The summed E-state index contributed by atoms with van der Waals surface area (Å²) in [6, 6.07) is 11.3. The van der Waals surface area contributed by atoms with Crippen molar-refractivity contribution in [3.8, 4) is 11.3 Å². The summed E-state index contributed by atoms with van der Waals surface area (Å²) in [5, 5.41) is 3.81. The first-order chi connectivity index (χ1) is 14.7. The van der Waals surface area contributed by atoms with Crippen LogP contribution in [0.2, 0.25) is 0 Å². The topological polar surface area (TPSA) is 47.9 Å². The second kappa shape index (κ2) is 8.05. The van der Waals surface area contributed by atoms with Gasteiger partial charge in [-0.05, 0) is 41.3 Å². The summed E-state index contributed by atoms with van der Waals surface area (Å²) in [6.07, 6.45) is 6.30. The number of hydrogen-bond acceptors (Lipinski definition) is 5. The van der Waals surface area contributed by atoms with Gasteiger partial charge in [0.1, 0.15) is 12.1 Å². The quantitative estimate of drug-likeness (QED) is 0.418. The molecule has 0 radical (unpaired) electrons. The Balaban J connectivity index is 1.59. The number of halogens is 1. The van der Waals surface area contributed by atoms with Gasteiger partial charge in [0.25, 0.3) is 0 Å². The van der Waals surface area contributed by atoms with Crippen LogP contribution in [0, 0.1) is 5.82 Å². The molecule has 0 N–H and O–H groups in total. The molecule has 1 aliphatic heterocycles. The van der Waals surface area contributed by atoms with Crippen molar-refractivity contribution in [3.63, 3.8) is 0 Å². The monoisotopic (exact) mass is 417 g/mol. The van der Waals surface area contributed by atoms with Crippen LogP contribution in [0.25, 0.3) is 27.7 Å². The van der Waals surface area contributed by atoms with Gasteiger partial charge in [-0.25, -0.2) is 19.3 Å². The smallest absolute Gasteiger partial charge is 0.132 e. The van der Waals surface area contributed by atoms with Gasteiger partial charge in [-0.2, -0.15) is 0 Å². The summed E-state index contributed by atoms with van der Waals surface area (Å²) in [4.78, 5) is 13.3. The Kier molecular flexibility index (Phi) is 5.11. The van der Waals surface area contributed by atoms with Gasteiger partial charge in [0, 0.05) is 28.4 Å². The van der Waals surface area contributed by atoms with E-state index in [1.165, 1.54) is 18.0 Å². The lowest BCUT2D eigenvalue weighted by atomic mass is 9.95. The molecule has 0 spiro atoms. The zero-order chi connectivity index (χ0) is 20.5. The highest BCUT2D eigenvalue weighted by Crippen LogP contribution is 2.34. The number of rotatable bonds is 4. The molecule has 1 unspecified atom stereocenters. The van der Waals surface area contributed by atoms with Gasteiger partial charge >= 0.3 is 0 Å². The Morgan fingerprint density at radius 2 is 2.03 bits per heavy atom. The van der Waals surface area contributed by atoms with E-state index in [9.17, 15) is 4.39 Å². The molecule has 1 atom stereocenters. The zero-order valence-electron chi connectivity index (χ0n) is 16.5. The molecule has 2 aromatic heterocycles. The van der Waals surface area contributed by atoms with E-state index in [0.717, 1.165) is 40.1 Å². The Morgan fingerprint density at radius 1 is 1.10 bits per heavy atom. The highest BCUT2D eigenvalue weighted by molar-refractivity contribution is 7.09. The molecule has 4 aromatic rings. The van der Waals surface area contributed by atoms with Gasteiger partial charge in [-0.3, -0.25) is 0 Å². The largest absolute Gasteiger partial charge is 0.377 e. The average Bonchev–Trinajstić information content (AvgIpc) is 3.34. The van der Waals surface area contributed by atoms with Crippen molar-refractivity contribution < 1.29 is 9.13 Å². The zero-order valence-corrected chi connectivity index (χ0v) is 17.3. The average molecular weight is 418 g/mol. The van der Waals surface area contributed by atoms with Crippen LogP contribution < -0.4 is 0 Å². The number of hydrogen-bond donors (Lipinski definition) is 0. The minimum Gasteiger partial charge on any atom is -0.377 e. The van der Waals surface area contributed by atoms with Crippen LogP contribution in [-0.2, 0) is 4.74 Å². The van der Waals surface area contributed by atoms with E-state index in [4.69, 9.17) is 4.74 Å². The Morgan fingerprint density at radius 3 is 2.83 bits per heavy atom.